The third-order valence-electron chi connectivity index (χ3n) is 3.85. The maximum absolute atomic E-state index is 6.11. The van der Waals surface area contributed by atoms with Crippen LogP contribution in [0.4, 0.5) is 0 Å². The molecule has 0 amide bonds. The summed E-state index contributed by atoms with van der Waals surface area (Å²) in [4.78, 5) is 0. The summed E-state index contributed by atoms with van der Waals surface area (Å²) in [6.07, 6.45) is 6.16. The molecule has 2 N–H and O–H groups in total. The van der Waals surface area contributed by atoms with Gasteiger partial charge in [0.05, 0.1) is 5.69 Å². The molecule has 1 aliphatic rings. The van der Waals surface area contributed by atoms with Crippen molar-refractivity contribution in [3.05, 3.63) is 48.3 Å². The lowest BCUT2D eigenvalue weighted by atomic mass is 9.89. The van der Waals surface area contributed by atoms with Crippen molar-refractivity contribution in [1.82, 2.24) is 9.78 Å². The predicted octanol–water partition coefficient (Wildman–Crippen LogP) is 2.25. The molecule has 2 aromatic rings. The summed E-state index contributed by atoms with van der Waals surface area (Å²) in [5.41, 5.74) is 8.78. The van der Waals surface area contributed by atoms with Crippen molar-refractivity contribution < 1.29 is 0 Å². The van der Waals surface area contributed by atoms with Crippen LogP contribution in [0.5, 0.6) is 0 Å². The Morgan fingerprint density at radius 3 is 2.76 bits per heavy atom. The monoisotopic (exact) mass is 227 g/mol. The Balaban J connectivity index is 2.01. The molecule has 3 nitrogen and oxygen atoms in total. The van der Waals surface area contributed by atoms with E-state index >= 15 is 0 Å². The van der Waals surface area contributed by atoms with Crippen LogP contribution in [0, 0.1) is 0 Å². The molecule has 0 bridgehead atoms. The van der Waals surface area contributed by atoms with E-state index in [4.69, 9.17) is 5.73 Å². The fourth-order valence-electron chi connectivity index (χ4n) is 2.52. The largest absolute Gasteiger partial charge is 0.327 e. The quantitative estimate of drug-likeness (QED) is 0.874. The zero-order chi connectivity index (χ0) is 11.9. The standard InChI is InChI=1S/C14H17N3/c1-11(15)14(6-7-14)12-4-2-5-13(10-12)17-9-3-8-16-17/h2-5,8-11H,6-7,15H2,1H3. The van der Waals surface area contributed by atoms with Gasteiger partial charge in [-0.2, -0.15) is 5.10 Å². The number of aromatic nitrogens is 2. The van der Waals surface area contributed by atoms with Gasteiger partial charge in [-0.3, -0.25) is 0 Å². The normalized spacial score (nSPS) is 18.9. The minimum Gasteiger partial charge on any atom is -0.327 e. The van der Waals surface area contributed by atoms with Crippen LogP contribution < -0.4 is 5.73 Å². The van der Waals surface area contributed by atoms with Gasteiger partial charge in [0.2, 0.25) is 0 Å². The summed E-state index contributed by atoms with van der Waals surface area (Å²) >= 11 is 0. The van der Waals surface area contributed by atoms with E-state index in [1.807, 2.05) is 16.9 Å². The van der Waals surface area contributed by atoms with Gasteiger partial charge in [0.1, 0.15) is 0 Å². The smallest absolute Gasteiger partial charge is 0.0648 e. The number of nitrogens with two attached hydrogens (primary N) is 1. The van der Waals surface area contributed by atoms with Gasteiger partial charge in [0.25, 0.3) is 0 Å². The number of hydrogen-bond acceptors (Lipinski definition) is 2. The predicted molar refractivity (Wildman–Crippen MR) is 68.1 cm³/mol. The molecule has 1 saturated carbocycles. The van der Waals surface area contributed by atoms with Gasteiger partial charge >= 0.3 is 0 Å². The van der Waals surface area contributed by atoms with Crippen LogP contribution in [-0.2, 0) is 5.41 Å². The first-order valence-electron chi connectivity index (χ1n) is 6.08. The highest BCUT2D eigenvalue weighted by molar-refractivity contribution is 5.42. The Labute approximate surface area is 101 Å². The van der Waals surface area contributed by atoms with Crippen molar-refractivity contribution in [2.75, 3.05) is 0 Å². The van der Waals surface area contributed by atoms with Gasteiger partial charge in [-0.1, -0.05) is 12.1 Å². The lowest BCUT2D eigenvalue weighted by Crippen LogP contribution is -2.31. The maximum atomic E-state index is 6.11. The molecule has 3 heteroatoms. The Morgan fingerprint density at radius 1 is 1.35 bits per heavy atom. The second-order valence-corrected chi connectivity index (χ2v) is 4.95. The van der Waals surface area contributed by atoms with Crippen LogP contribution in [0.25, 0.3) is 5.69 Å². The first kappa shape index (κ1) is 10.5. The number of benzene rings is 1. The zero-order valence-corrected chi connectivity index (χ0v) is 10.0. The van der Waals surface area contributed by atoms with E-state index in [2.05, 4.69) is 36.3 Å². The highest BCUT2D eigenvalue weighted by atomic mass is 15.3. The summed E-state index contributed by atoms with van der Waals surface area (Å²) in [6, 6.07) is 10.7. The van der Waals surface area contributed by atoms with Crippen molar-refractivity contribution in [1.29, 1.82) is 0 Å². The average Bonchev–Trinajstić information content (AvgIpc) is 2.98. The van der Waals surface area contributed by atoms with Crippen LogP contribution >= 0.6 is 0 Å². The van der Waals surface area contributed by atoms with Crippen LogP contribution in [0.15, 0.2) is 42.7 Å². The van der Waals surface area contributed by atoms with Gasteiger partial charge in [0.15, 0.2) is 0 Å². The van der Waals surface area contributed by atoms with Crippen LogP contribution in [0.2, 0.25) is 0 Å². The molecule has 1 heterocycles. The minimum atomic E-state index is 0.211. The van der Waals surface area contributed by atoms with Gasteiger partial charge < -0.3 is 5.73 Å². The van der Waals surface area contributed by atoms with E-state index in [-0.39, 0.29) is 11.5 Å². The molecule has 88 valence electrons. The molecule has 17 heavy (non-hydrogen) atoms. The summed E-state index contributed by atoms with van der Waals surface area (Å²) in [5, 5.41) is 4.26. The topological polar surface area (TPSA) is 43.8 Å². The van der Waals surface area contributed by atoms with Crippen molar-refractivity contribution in [2.24, 2.45) is 5.73 Å². The van der Waals surface area contributed by atoms with E-state index in [1.165, 1.54) is 18.4 Å². The highest BCUT2D eigenvalue weighted by Gasteiger charge is 2.47. The molecule has 3 rings (SSSR count). The molecular weight excluding hydrogens is 210 g/mol. The summed E-state index contributed by atoms with van der Waals surface area (Å²) in [7, 11) is 0. The Hall–Kier alpha value is -1.61. The Kier molecular flexibility index (Phi) is 2.30. The van der Waals surface area contributed by atoms with Crippen molar-refractivity contribution in [3.63, 3.8) is 0 Å². The van der Waals surface area contributed by atoms with Gasteiger partial charge in [-0.25, -0.2) is 4.68 Å². The zero-order valence-electron chi connectivity index (χ0n) is 10.0. The molecule has 0 saturated heterocycles. The van der Waals surface area contributed by atoms with Gasteiger partial charge in [-0.15, -0.1) is 0 Å². The molecule has 0 aliphatic heterocycles. The summed E-state index contributed by atoms with van der Waals surface area (Å²) < 4.78 is 1.89. The van der Waals surface area contributed by atoms with Crippen molar-refractivity contribution in [2.45, 2.75) is 31.2 Å². The molecule has 1 aromatic heterocycles. The molecule has 1 aliphatic carbocycles. The summed E-state index contributed by atoms with van der Waals surface area (Å²) in [6.45, 7) is 2.10. The summed E-state index contributed by atoms with van der Waals surface area (Å²) in [5.74, 6) is 0. The lowest BCUT2D eigenvalue weighted by Gasteiger charge is -2.20. The highest BCUT2D eigenvalue weighted by Crippen LogP contribution is 2.50. The average molecular weight is 227 g/mol. The third kappa shape index (κ3) is 1.67. The Bertz CT molecular complexity index is 510. The van der Waals surface area contributed by atoms with Crippen molar-refractivity contribution in [3.8, 4) is 5.69 Å². The van der Waals surface area contributed by atoms with Crippen LogP contribution in [0.1, 0.15) is 25.3 Å². The number of nitrogens with zero attached hydrogens (tertiary/aromatic N) is 2. The van der Waals surface area contributed by atoms with Gasteiger partial charge in [0, 0.05) is 23.9 Å². The van der Waals surface area contributed by atoms with Gasteiger partial charge in [-0.05, 0) is 43.5 Å². The first-order chi connectivity index (χ1) is 8.22. The SMILES string of the molecule is CC(N)C1(c2cccc(-n3cccn3)c2)CC1. The molecule has 0 spiro atoms. The van der Waals surface area contributed by atoms with E-state index in [1.54, 1.807) is 6.20 Å². The second kappa shape index (κ2) is 3.70. The Morgan fingerprint density at radius 2 is 2.18 bits per heavy atom. The van der Waals surface area contributed by atoms with Crippen LogP contribution in [0.3, 0.4) is 0 Å². The third-order valence-corrected chi connectivity index (χ3v) is 3.85. The molecule has 1 fully saturated rings. The van der Waals surface area contributed by atoms with E-state index in [0.717, 1.165) is 5.69 Å². The van der Waals surface area contributed by atoms with E-state index in [9.17, 15) is 0 Å². The van der Waals surface area contributed by atoms with Crippen LogP contribution in [-0.4, -0.2) is 15.8 Å². The molecular formula is C14H17N3. The molecule has 1 unspecified atom stereocenters. The first-order valence-corrected chi connectivity index (χ1v) is 6.08. The lowest BCUT2D eigenvalue weighted by molar-refractivity contribution is 0.556. The number of hydrogen-bond donors (Lipinski definition) is 1. The molecule has 1 aromatic carbocycles. The fourth-order valence-corrected chi connectivity index (χ4v) is 2.52. The van der Waals surface area contributed by atoms with Crippen molar-refractivity contribution >= 4 is 0 Å². The fraction of sp³-hybridized carbons (Fsp3) is 0.357. The maximum Gasteiger partial charge on any atom is 0.0648 e. The molecule has 1 atom stereocenters. The second-order valence-electron chi connectivity index (χ2n) is 4.95. The minimum absolute atomic E-state index is 0.211. The van der Waals surface area contributed by atoms with E-state index < -0.39 is 0 Å². The molecule has 0 radical (unpaired) electrons. The van der Waals surface area contributed by atoms with E-state index in [0.29, 0.717) is 0 Å². The number of rotatable bonds is 3.